The fourth-order valence-corrected chi connectivity index (χ4v) is 2.05. The monoisotopic (exact) mass is 331 g/mol. The molecule has 0 aliphatic rings. The van der Waals surface area contributed by atoms with Gasteiger partial charge < -0.3 is 17.0 Å². The number of aryl methyl sites for hydroxylation is 1. The van der Waals surface area contributed by atoms with Crippen molar-refractivity contribution < 1.29 is 21.5 Å². The average Bonchev–Trinajstić information content (AvgIpc) is 2.48. The highest BCUT2D eigenvalue weighted by molar-refractivity contribution is 5.56. The lowest BCUT2D eigenvalue weighted by Crippen LogP contribution is -3.00. The largest absolute Gasteiger partial charge is 1.00 e. The average molecular weight is 332 g/mol. The standard InChI is InChI=1S/C18H22N.BrH/c1-2-3-5-8-18-12-15-19(16-13-18)14-11-17-9-6-4-7-10-17;/h4,6-7,9-16H,2-3,5,8H2,1H3;1H/q+1;/p-1/b14-11+;. The Kier molecular flexibility index (Phi) is 7.89. The number of hydrogen-bond acceptors (Lipinski definition) is 0. The number of halogens is 1. The van der Waals surface area contributed by atoms with Gasteiger partial charge in [-0.3, -0.25) is 0 Å². The first kappa shape index (κ1) is 16.6. The van der Waals surface area contributed by atoms with Crippen LogP contribution < -0.4 is 21.5 Å². The van der Waals surface area contributed by atoms with Crippen molar-refractivity contribution in [2.75, 3.05) is 0 Å². The molecule has 0 unspecified atom stereocenters. The summed E-state index contributed by atoms with van der Waals surface area (Å²) in [6, 6.07) is 14.8. The van der Waals surface area contributed by atoms with Gasteiger partial charge in [0.05, 0.1) is 0 Å². The molecule has 0 aliphatic heterocycles. The van der Waals surface area contributed by atoms with Crippen LogP contribution in [-0.2, 0) is 6.42 Å². The van der Waals surface area contributed by atoms with Crippen LogP contribution in [0.25, 0.3) is 12.3 Å². The summed E-state index contributed by atoms with van der Waals surface area (Å²) in [5.74, 6) is 0. The van der Waals surface area contributed by atoms with Gasteiger partial charge in [0.1, 0.15) is 0 Å². The fourth-order valence-electron chi connectivity index (χ4n) is 2.05. The number of nitrogens with zero attached hydrogens (tertiary/aromatic N) is 1. The van der Waals surface area contributed by atoms with E-state index in [-0.39, 0.29) is 17.0 Å². The minimum Gasteiger partial charge on any atom is -1.00 e. The van der Waals surface area contributed by atoms with Gasteiger partial charge in [-0.15, -0.1) is 0 Å². The Morgan fingerprint density at radius 2 is 1.65 bits per heavy atom. The molecule has 20 heavy (non-hydrogen) atoms. The van der Waals surface area contributed by atoms with Gasteiger partial charge in [-0.2, -0.15) is 4.57 Å². The molecule has 2 heteroatoms. The molecule has 1 aromatic heterocycles. The van der Waals surface area contributed by atoms with Crippen LogP contribution >= 0.6 is 0 Å². The summed E-state index contributed by atoms with van der Waals surface area (Å²) < 4.78 is 2.09. The molecule has 0 spiro atoms. The topological polar surface area (TPSA) is 3.88 Å². The van der Waals surface area contributed by atoms with Crippen LogP contribution in [0.5, 0.6) is 0 Å². The number of benzene rings is 1. The fraction of sp³-hybridized carbons (Fsp3) is 0.278. The summed E-state index contributed by atoms with van der Waals surface area (Å²) in [4.78, 5) is 0. The first-order chi connectivity index (χ1) is 9.38. The molecule has 0 fully saturated rings. The van der Waals surface area contributed by atoms with Gasteiger partial charge in [-0.05, 0) is 24.0 Å². The van der Waals surface area contributed by atoms with Crippen molar-refractivity contribution in [3.05, 3.63) is 66.0 Å². The quantitative estimate of drug-likeness (QED) is 0.555. The molecule has 0 bridgehead atoms. The summed E-state index contributed by atoms with van der Waals surface area (Å²) in [6.45, 7) is 2.24. The molecule has 1 heterocycles. The Bertz CT molecular complexity index is 503. The van der Waals surface area contributed by atoms with Crippen molar-refractivity contribution in [2.24, 2.45) is 0 Å². The Balaban J connectivity index is 0.00000200. The Morgan fingerprint density at radius 1 is 0.950 bits per heavy atom. The van der Waals surface area contributed by atoms with Crippen molar-refractivity contribution in [3.63, 3.8) is 0 Å². The third kappa shape index (κ3) is 5.70. The molecule has 0 aliphatic carbocycles. The summed E-state index contributed by atoms with van der Waals surface area (Å²) in [5.41, 5.74) is 2.65. The third-order valence-electron chi connectivity index (χ3n) is 3.23. The van der Waals surface area contributed by atoms with Crippen LogP contribution in [-0.4, -0.2) is 0 Å². The lowest BCUT2D eigenvalue weighted by Gasteiger charge is -1.98. The van der Waals surface area contributed by atoms with Crippen molar-refractivity contribution in [1.29, 1.82) is 0 Å². The molecule has 0 saturated carbocycles. The van der Waals surface area contributed by atoms with E-state index in [4.69, 9.17) is 0 Å². The van der Waals surface area contributed by atoms with E-state index in [2.05, 4.69) is 72.6 Å². The van der Waals surface area contributed by atoms with Gasteiger partial charge in [0, 0.05) is 18.2 Å². The van der Waals surface area contributed by atoms with Crippen molar-refractivity contribution in [2.45, 2.75) is 32.6 Å². The zero-order chi connectivity index (χ0) is 13.3. The van der Waals surface area contributed by atoms with Crippen LogP contribution in [0.3, 0.4) is 0 Å². The summed E-state index contributed by atoms with van der Waals surface area (Å²) in [7, 11) is 0. The van der Waals surface area contributed by atoms with E-state index in [0.717, 1.165) is 0 Å². The lowest BCUT2D eigenvalue weighted by atomic mass is 10.1. The van der Waals surface area contributed by atoms with Gasteiger partial charge in [0.15, 0.2) is 18.6 Å². The molecule has 0 amide bonds. The Hall–Kier alpha value is -1.41. The highest BCUT2D eigenvalue weighted by Crippen LogP contribution is 2.05. The zero-order valence-corrected chi connectivity index (χ0v) is 13.6. The molecule has 0 N–H and O–H groups in total. The lowest BCUT2D eigenvalue weighted by molar-refractivity contribution is -0.567. The first-order valence-corrected chi connectivity index (χ1v) is 7.11. The summed E-state index contributed by atoms with van der Waals surface area (Å²) >= 11 is 0. The number of rotatable bonds is 6. The summed E-state index contributed by atoms with van der Waals surface area (Å²) in [5, 5.41) is 0. The number of hydrogen-bond donors (Lipinski definition) is 0. The number of pyridine rings is 1. The van der Waals surface area contributed by atoms with Crippen molar-refractivity contribution in [3.8, 4) is 0 Å². The van der Waals surface area contributed by atoms with Gasteiger partial charge in [0.25, 0.3) is 0 Å². The van der Waals surface area contributed by atoms with Gasteiger partial charge >= 0.3 is 0 Å². The molecular weight excluding hydrogens is 310 g/mol. The molecule has 106 valence electrons. The Labute approximate surface area is 132 Å². The zero-order valence-electron chi connectivity index (χ0n) is 12.0. The van der Waals surface area contributed by atoms with E-state index >= 15 is 0 Å². The van der Waals surface area contributed by atoms with Crippen LogP contribution in [0, 0.1) is 0 Å². The maximum absolute atomic E-state index is 2.24. The maximum Gasteiger partial charge on any atom is 0.175 e. The minimum absolute atomic E-state index is 0. The van der Waals surface area contributed by atoms with Crippen molar-refractivity contribution in [1.82, 2.24) is 0 Å². The predicted octanol–water partition coefficient (Wildman–Crippen LogP) is 1.34. The molecule has 0 saturated heterocycles. The van der Waals surface area contributed by atoms with E-state index in [9.17, 15) is 0 Å². The predicted molar refractivity (Wildman–Crippen MR) is 81.5 cm³/mol. The van der Waals surface area contributed by atoms with E-state index in [1.807, 2.05) is 6.07 Å². The third-order valence-corrected chi connectivity index (χ3v) is 3.23. The van der Waals surface area contributed by atoms with Gasteiger partial charge in [-0.1, -0.05) is 50.1 Å². The van der Waals surface area contributed by atoms with Gasteiger partial charge in [-0.25, -0.2) is 0 Å². The molecule has 0 atom stereocenters. The normalized spacial score (nSPS) is 10.4. The van der Waals surface area contributed by atoms with Crippen LogP contribution in [0.2, 0.25) is 0 Å². The van der Waals surface area contributed by atoms with Crippen LogP contribution in [0.1, 0.15) is 37.3 Å². The number of unbranched alkanes of at least 4 members (excludes halogenated alkanes) is 2. The van der Waals surface area contributed by atoms with Gasteiger partial charge in [0.2, 0.25) is 0 Å². The summed E-state index contributed by atoms with van der Waals surface area (Å²) in [6.07, 6.45) is 13.6. The first-order valence-electron chi connectivity index (χ1n) is 7.11. The molecule has 2 aromatic rings. The smallest absolute Gasteiger partial charge is 0.175 e. The van der Waals surface area contributed by atoms with E-state index in [1.54, 1.807) is 0 Å². The highest BCUT2D eigenvalue weighted by atomic mass is 79.9. The van der Waals surface area contributed by atoms with Crippen molar-refractivity contribution >= 4 is 12.3 Å². The second-order valence-electron chi connectivity index (χ2n) is 4.84. The molecule has 1 aromatic carbocycles. The SMILES string of the molecule is CCCCCc1cc[n+](/C=C/c2ccccc2)cc1.[Br-]. The highest BCUT2D eigenvalue weighted by Gasteiger charge is 1.97. The van der Waals surface area contributed by atoms with E-state index in [0.29, 0.717) is 0 Å². The number of aromatic nitrogens is 1. The second-order valence-corrected chi connectivity index (χ2v) is 4.84. The minimum atomic E-state index is 0. The van der Waals surface area contributed by atoms with E-state index < -0.39 is 0 Å². The van der Waals surface area contributed by atoms with E-state index in [1.165, 1.54) is 36.8 Å². The van der Waals surface area contributed by atoms with Crippen LogP contribution in [0.15, 0.2) is 54.9 Å². The maximum atomic E-state index is 2.24. The molecule has 1 nitrogen and oxygen atoms in total. The molecule has 0 radical (unpaired) electrons. The second kappa shape index (κ2) is 9.49. The molecule has 2 rings (SSSR count). The van der Waals surface area contributed by atoms with Crippen LogP contribution in [0.4, 0.5) is 0 Å². The Morgan fingerprint density at radius 3 is 2.30 bits per heavy atom. The molecular formula is C18H22BrN.